The number of nitro groups is 1. The van der Waals surface area contributed by atoms with E-state index in [2.05, 4.69) is 15.0 Å². The van der Waals surface area contributed by atoms with Gasteiger partial charge in [0.1, 0.15) is 6.20 Å². The zero-order chi connectivity index (χ0) is 13.5. The van der Waals surface area contributed by atoms with E-state index in [1.54, 1.807) is 6.92 Å². The molecule has 9 nitrogen and oxygen atoms in total. The van der Waals surface area contributed by atoms with Crippen LogP contribution in [0.15, 0.2) is 6.20 Å². The summed E-state index contributed by atoms with van der Waals surface area (Å²) in [6, 6.07) is 0. The number of alkyl carbamates (subject to hydrolysis) is 1. The Hall–Kier alpha value is -2.23. The molecule has 1 rings (SSSR count). The van der Waals surface area contributed by atoms with Crippen LogP contribution in [0.4, 0.5) is 14.9 Å². The number of nitrogens with zero attached hydrogens (tertiary/aromatic N) is 2. The van der Waals surface area contributed by atoms with Crippen molar-refractivity contribution in [2.24, 2.45) is 0 Å². The second-order valence-electron chi connectivity index (χ2n) is 2.88. The number of carbonyl (C=O) groups excluding carboxylic acids is 2. The van der Waals surface area contributed by atoms with Crippen LogP contribution in [0.5, 0.6) is 0 Å². The van der Waals surface area contributed by atoms with Crippen LogP contribution in [0.2, 0.25) is 0 Å². The lowest BCUT2D eigenvalue weighted by atomic mass is 10.6. The molecule has 0 aliphatic carbocycles. The SMILES string of the molecule is CCOC(=O)NC(=O)CNc1ncc([N+](=O)[O-])s1. The number of aromatic nitrogens is 1. The Morgan fingerprint density at radius 2 is 2.33 bits per heavy atom. The summed E-state index contributed by atoms with van der Waals surface area (Å²) in [4.78, 5) is 35.6. The summed E-state index contributed by atoms with van der Waals surface area (Å²) in [5.41, 5.74) is 0. The number of nitrogens with one attached hydrogen (secondary N) is 2. The fraction of sp³-hybridized carbons (Fsp3) is 0.375. The smallest absolute Gasteiger partial charge is 0.413 e. The van der Waals surface area contributed by atoms with E-state index in [-0.39, 0.29) is 23.3 Å². The lowest BCUT2D eigenvalue weighted by Crippen LogP contribution is -2.35. The van der Waals surface area contributed by atoms with Gasteiger partial charge in [-0.2, -0.15) is 0 Å². The average molecular weight is 274 g/mol. The van der Waals surface area contributed by atoms with Gasteiger partial charge in [-0.1, -0.05) is 0 Å². The van der Waals surface area contributed by atoms with Crippen LogP contribution >= 0.6 is 11.3 Å². The highest BCUT2D eigenvalue weighted by Gasteiger charge is 2.13. The van der Waals surface area contributed by atoms with E-state index < -0.39 is 16.9 Å². The molecule has 0 aliphatic rings. The van der Waals surface area contributed by atoms with Gasteiger partial charge >= 0.3 is 11.1 Å². The summed E-state index contributed by atoms with van der Waals surface area (Å²) in [5, 5.41) is 15.0. The number of carbonyl (C=O) groups is 2. The third-order valence-corrected chi connectivity index (χ3v) is 2.50. The maximum Gasteiger partial charge on any atom is 0.413 e. The van der Waals surface area contributed by atoms with Gasteiger partial charge in [0.2, 0.25) is 5.91 Å². The first-order valence-electron chi connectivity index (χ1n) is 4.83. The van der Waals surface area contributed by atoms with E-state index >= 15 is 0 Å². The fourth-order valence-corrected chi connectivity index (χ4v) is 1.54. The molecule has 0 spiro atoms. The number of hydrogen-bond acceptors (Lipinski definition) is 8. The maximum atomic E-state index is 11.2. The predicted molar refractivity (Wildman–Crippen MR) is 62.4 cm³/mol. The second-order valence-corrected chi connectivity index (χ2v) is 3.89. The van der Waals surface area contributed by atoms with E-state index in [9.17, 15) is 19.7 Å². The standard InChI is InChI=1S/C8H10N4O5S/c1-2-17-8(14)11-5(13)3-9-7-10-4-6(18-7)12(15)16/h4H,2-3H2,1H3,(H,9,10)(H,11,13,14). The molecule has 0 bridgehead atoms. The Kier molecular flexibility index (Phi) is 4.99. The molecule has 18 heavy (non-hydrogen) atoms. The van der Waals surface area contributed by atoms with E-state index in [0.717, 1.165) is 17.5 Å². The van der Waals surface area contributed by atoms with Crippen LogP contribution < -0.4 is 10.6 Å². The Balaban J connectivity index is 2.37. The highest BCUT2D eigenvalue weighted by Crippen LogP contribution is 2.24. The van der Waals surface area contributed by atoms with Crippen LogP contribution in [0.1, 0.15) is 6.92 Å². The van der Waals surface area contributed by atoms with Crippen molar-refractivity contribution in [3.63, 3.8) is 0 Å². The predicted octanol–water partition coefficient (Wildman–Crippen LogP) is 0.736. The van der Waals surface area contributed by atoms with Gasteiger partial charge < -0.3 is 10.1 Å². The number of thiazole rings is 1. The molecule has 10 heteroatoms. The first kappa shape index (κ1) is 13.8. The van der Waals surface area contributed by atoms with Crippen molar-refractivity contribution in [3.05, 3.63) is 16.3 Å². The summed E-state index contributed by atoms with van der Waals surface area (Å²) >= 11 is 0.795. The quantitative estimate of drug-likeness (QED) is 0.599. The Labute approximate surface area is 105 Å². The summed E-state index contributed by atoms with van der Waals surface area (Å²) in [7, 11) is 0. The Morgan fingerprint density at radius 3 is 2.89 bits per heavy atom. The van der Waals surface area contributed by atoms with Crippen LogP contribution in [0.3, 0.4) is 0 Å². The number of anilines is 1. The van der Waals surface area contributed by atoms with Crippen molar-refractivity contribution >= 4 is 33.5 Å². The number of ether oxygens (including phenoxy) is 1. The Morgan fingerprint density at radius 1 is 1.61 bits per heavy atom. The zero-order valence-corrected chi connectivity index (χ0v) is 10.2. The van der Waals surface area contributed by atoms with E-state index in [4.69, 9.17) is 0 Å². The largest absolute Gasteiger partial charge is 0.450 e. The minimum atomic E-state index is -0.839. The van der Waals surface area contributed by atoms with Gasteiger partial charge in [0, 0.05) is 0 Å². The lowest BCUT2D eigenvalue weighted by Gasteiger charge is -2.04. The molecule has 1 heterocycles. The molecule has 1 aromatic heterocycles. The molecule has 98 valence electrons. The number of amides is 2. The fourth-order valence-electron chi connectivity index (χ4n) is 0.913. The molecule has 0 unspecified atom stereocenters. The number of rotatable bonds is 5. The zero-order valence-electron chi connectivity index (χ0n) is 9.34. The molecule has 0 radical (unpaired) electrons. The van der Waals surface area contributed by atoms with Crippen molar-refractivity contribution in [1.29, 1.82) is 0 Å². The van der Waals surface area contributed by atoms with Crippen molar-refractivity contribution in [2.45, 2.75) is 6.92 Å². The molecule has 2 N–H and O–H groups in total. The summed E-state index contributed by atoms with van der Waals surface area (Å²) in [6.45, 7) is 1.53. The van der Waals surface area contributed by atoms with Crippen molar-refractivity contribution < 1.29 is 19.2 Å². The first-order valence-corrected chi connectivity index (χ1v) is 5.65. The minimum absolute atomic E-state index is 0.136. The molecule has 0 aromatic carbocycles. The van der Waals surface area contributed by atoms with E-state index in [1.165, 1.54) is 0 Å². The lowest BCUT2D eigenvalue weighted by molar-refractivity contribution is -0.380. The molecule has 0 fully saturated rings. The van der Waals surface area contributed by atoms with Gasteiger partial charge in [-0.05, 0) is 18.3 Å². The van der Waals surface area contributed by atoms with Gasteiger partial charge in [-0.25, -0.2) is 9.78 Å². The summed E-state index contributed by atoms with van der Waals surface area (Å²) in [5.74, 6) is -0.619. The number of imide groups is 1. The van der Waals surface area contributed by atoms with Gasteiger partial charge in [-0.15, -0.1) is 0 Å². The second kappa shape index (κ2) is 6.49. The van der Waals surface area contributed by atoms with Crippen LogP contribution in [-0.2, 0) is 9.53 Å². The molecule has 0 saturated heterocycles. The Bertz CT molecular complexity index is 460. The summed E-state index contributed by atoms with van der Waals surface area (Å²) < 4.78 is 4.50. The van der Waals surface area contributed by atoms with E-state index in [0.29, 0.717) is 0 Å². The molecule has 0 aliphatic heterocycles. The third-order valence-electron chi connectivity index (χ3n) is 1.59. The van der Waals surface area contributed by atoms with Gasteiger partial charge in [0.25, 0.3) is 0 Å². The summed E-state index contributed by atoms with van der Waals surface area (Å²) in [6.07, 6.45) is 0.241. The normalized spacial score (nSPS) is 9.61. The van der Waals surface area contributed by atoms with Crippen molar-refractivity contribution in [2.75, 3.05) is 18.5 Å². The maximum absolute atomic E-state index is 11.2. The van der Waals surface area contributed by atoms with Gasteiger partial charge in [-0.3, -0.25) is 20.2 Å². The molecule has 0 saturated carbocycles. The van der Waals surface area contributed by atoms with E-state index in [1.807, 2.05) is 5.32 Å². The minimum Gasteiger partial charge on any atom is -0.450 e. The number of hydrogen-bond donors (Lipinski definition) is 2. The topological polar surface area (TPSA) is 123 Å². The highest BCUT2D eigenvalue weighted by molar-refractivity contribution is 7.18. The molecule has 1 aromatic rings. The third kappa shape index (κ3) is 4.33. The van der Waals surface area contributed by atoms with Gasteiger partial charge in [0.15, 0.2) is 5.13 Å². The van der Waals surface area contributed by atoms with Crippen LogP contribution in [-0.4, -0.2) is 35.1 Å². The molecular weight excluding hydrogens is 264 g/mol. The molecule has 0 atom stereocenters. The van der Waals surface area contributed by atoms with Crippen LogP contribution in [0, 0.1) is 10.1 Å². The van der Waals surface area contributed by atoms with Crippen LogP contribution in [0.25, 0.3) is 0 Å². The average Bonchev–Trinajstić information content (AvgIpc) is 2.75. The van der Waals surface area contributed by atoms with Crippen molar-refractivity contribution in [3.8, 4) is 0 Å². The first-order chi connectivity index (χ1) is 8.52. The molecule has 2 amide bonds. The molecular formula is C8H10N4O5S. The van der Waals surface area contributed by atoms with Crippen molar-refractivity contribution in [1.82, 2.24) is 10.3 Å². The van der Waals surface area contributed by atoms with Gasteiger partial charge in [0.05, 0.1) is 18.1 Å². The monoisotopic (exact) mass is 274 g/mol. The highest BCUT2D eigenvalue weighted by atomic mass is 32.1.